The Hall–Kier alpha value is -1.65. The number of nitrogens with zero attached hydrogens (tertiary/aromatic N) is 3. The monoisotopic (exact) mass is 357 g/mol. The topological polar surface area (TPSA) is 88.5 Å². The molecule has 0 saturated carbocycles. The van der Waals surface area contributed by atoms with Gasteiger partial charge >= 0.3 is 0 Å². The van der Waals surface area contributed by atoms with Crippen LogP contribution in [0.5, 0.6) is 0 Å². The van der Waals surface area contributed by atoms with E-state index in [1.807, 2.05) is 4.90 Å². The van der Waals surface area contributed by atoms with Crippen LogP contribution in [0.25, 0.3) is 0 Å². The van der Waals surface area contributed by atoms with E-state index < -0.39 is 0 Å². The molecule has 1 aromatic rings. The van der Waals surface area contributed by atoms with Crippen molar-refractivity contribution in [2.24, 2.45) is 0 Å². The number of aryl methyl sites for hydroxylation is 1. The first-order valence-electron chi connectivity index (χ1n) is 7.05. The van der Waals surface area contributed by atoms with Gasteiger partial charge in [0.15, 0.2) is 10.3 Å². The van der Waals surface area contributed by atoms with Crippen molar-refractivity contribution in [3.8, 4) is 0 Å². The van der Waals surface area contributed by atoms with Crippen LogP contribution < -0.4 is 16.4 Å². The number of hydrazine groups is 1. The molecule has 126 valence electrons. The third-order valence-corrected chi connectivity index (χ3v) is 4.23. The molecule has 10 heteroatoms. The zero-order valence-corrected chi connectivity index (χ0v) is 14.6. The quantitative estimate of drug-likeness (QED) is 0.324. The van der Waals surface area contributed by atoms with Crippen LogP contribution in [0.15, 0.2) is 16.0 Å². The summed E-state index contributed by atoms with van der Waals surface area (Å²) < 4.78 is 6.56. The van der Waals surface area contributed by atoms with Gasteiger partial charge < -0.3 is 9.64 Å². The third kappa shape index (κ3) is 4.91. The van der Waals surface area contributed by atoms with Gasteiger partial charge in [0.05, 0.1) is 13.2 Å². The molecule has 8 nitrogen and oxygen atoms in total. The average Bonchev–Trinajstić information content (AvgIpc) is 2.55. The highest BCUT2D eigenvalue weighted by Crippen LogP contribution is 2.09. The molecule has 2 N–H and O–H groups in total. The van der Waals surface area contributed by atoms with Crippen molar-refractivity contribution < 1.29 is 9.53 Å². The summed E-state index contributed by atoms with van der Waals surface area (Å²) in [6.07, 6.45) is 1.81. The molecule has 2 heterocycles. The van der Waals surface area contributed by atoms with E-state index >= 15 is 0 Å². The van der Waals surface area contributed by atoms with Crippen LogP contribution in [-0.4, -0.2) is 58.0 Å². The Bertz CT molecular complexity index is 643. The smallest absolute Gasteiger partial charge is 0.258 e. The number of ether oxygens (including phenoxy) is 1. The Kier molecular flexibility index (Phi) is 6.37. The lowest BCUT2D eigenvalue weighted by molar-refractivity contribution is -0.122. The predicted octanol–water partition coefficient (Wildman–Crippen LogP) is -0.488. The second-order valence-electron chi connectivity index (χ2n) is 4.89. The summed E-state index contributed by atoms with van der Waals surface area (Å²) in [5.41, 5.74) is 5.58. The summed E-state index contributed by atoms with van der Waals surface area (Å²) in [5, 5.41) is 0.932. The van der Waals surface area contributed by atoms with E-state index in [1.165, 1.54) is 22.4 Å². The minimum atomic E-state index is -0.372. The summed E-state index contributed by atoms with van der Waals surface area (Å²) in [5.74, 6) is -0.372. The number of carbonyl (C=O) groups is 1. The molecule has 2 rings (SSSR count). The fourth-order valence-electron chi connectivity index (χ4n) is 2.05. The van der Waals surface area contributed by atoms with Gasteiger partial charge in [-0.2, -0.15) is 0 Å². The SMILES string of the molecule is CSc1nc(C)cc(=O)n1CC(=O)NNC(=S)N1CCOCC1. The maximum atomic E-state index is 12.0. The van der Waals surface area contributed by atoms with Gasteiger partial charge in [-0.3, -0.25) is 25.0 Å². The number of morpholine rings is 1. The van der Waals surface area contributed by atoms with Crippen molar-refractivity contribution >= 4 is 35.0 Å². The van der Waals surface area contributed by atoms with Crippen LogP contribution in [0.4, 0.5) is 0 Å². The summed E-state index contributed by atoms with van der Waals surface area (Å²) in [4.78, 5) is 30.2. The molecule has 0 aliphatic carbocycles. The van der Waals surface area contributed by atoms with Gasteiger partial charge in [0.1, 0.15) is 6.54 Å². The minimum Gasteiger partial charge on any atom is -0.378 e. The number of hydrogen-bond acceptors (Lipinski definition) is 6. The van der Waals surface area contributed by atoms with E-state index in [9.17, 15) is 9.59 Å². The molecule has 1 saturated heterocycles. The highest BCUT2D eigenvalue weighted by atomic mass is 32.2. The average molecular weight is 357 g/mol. The molecule has 0 atom stereocenters. The third-order valence-electron chi connectivity index (χ3n) is 3.19. The van der Waals surface area contributed by atoms with Gasteiger partial charge in [-0.05, 0) is 25.4 Å². The number of thioether (sulfide) groups is 1. The molecule has 23 heavy (non-hydrogen) atoms. The van der Waals surface area contributed by atoms with Gasteiger partial charge in [0, 0.05) is 24.8 Å². The summed E-state index contributed by atoms with van der Waals surface area (Å²) in [6.45, 7) is 4.20. The number of nitrogens with one attached hydrogen (secondary N) is 2. The molecule has 0 spiro atoms. The molecular formula is C13H19N5O3S2. The largest absolute Gasteiger partial charge is 0.378 e. The maximum absolute atomic E-state index is 12.0. The molecule has 0 unspecified atom stereocenters. The number of amides is 1. The number of rotatable bonds is 3. The van der Waals surface area contributed by atoms with Crippen LogP contribution >= 0.6 is 24.0 Å². The Morgan fingerprint density at radius 3 is 2.78 bits per heavy atom. The molecule has 0 aromatic carbocycles. The van der Waals surface area contributed by atoms with Crippen LogP contribution in [0.1, 0.15) is 5.69 Å². The highest BCUT2D eigenvalue weighted by Gasteiger charge is 2.15. The Morgan fingerprint density at radius 1 is 1.43 bits per heavy atom. The molecule has 1 aliphatic rings. The zero-order valence-electron chi connectivity index (χ0n) is 13.0. The molecule has 0 radical (unpaired) electrons. The molecule has 0 bridgehead atoms. The van der Waals surface area contributed by atoms with Crippen molar-refractivity contribution in [1.29, 1.82) is 0 Å². The Balaban J connectivity index is 1.92. The van der Waals surface area contributed by atoms with E-state index in [2.05, 4.69) is 15.8 Å². The van der Waals surface area contributed by atoms with Gasteiger partial charge in [0.25, 0.3) is 11.5 Å². The number of hydrogen-bond donors (Lipinski definition) is 2. The van der Waals surface area contributed by atoms with Crippen molar-refractivity contribution in [3.05, 3.63) is 22.1 Å². The summed E-state index contributed by atoms with van der Waals surface area (Å²) in [6, 6.07) is 1.40. The Morgan fingerprint density at radius 2 is 2.13 bits per heavy atom. The van der Waals surface area contributed by atoms with Crippen molar-refractivity contribution in [2.45, 2.75) is 18.6 Å². The van der Waals surface area contributed by atoms with Gasteiger partial charge in [-0.25, -0.2) is 4.98 Å². The molecular weight excluding hydrogens is 338 g/mol. The van der Waals surface area contributed by atoms with E-state index in [0.717, 1.165) is 0 Å². The van der Waals surface area contributed by atoms with Crippen molar-refractivity contribution in [2.75, 3.05) is 32.6 Å². The van der Waals surface area contributed by atoms with Crippen LogP contribution in [0.2, 0.25) is 0 Å². The van der Waals surface area contributed by atoms with Crippen LogP contribution in [0.3, 0.4) is 0 Å². The van der Waals surface area contributed by atoms with Gasteiger partial charge in [-0.1, -0.05) is 11.8 Å². The lowest BCUT2D eigenvalue weighted by atomic mass is 10.4. The standard InChI is InChI=1S/C13H19N5O3S2/c1-9-7-11(20)18(13(14-9)23-2)8-10(19)15-16-12(22)17-3-5-21-6-4-17/h7H,3-6,8H2,1-2H3,(H,15,19)(H,16,22). The number of aromatic nitrogens is 2. The van der Waals surface area contributed by atoms with Crippen LogP contribution in [-0.2, 0) is 16.1 Å². The number of thiocarbonyl (C=S) groups is 1. The van der Waals surface area contributed by atoms with E-state index in [1.54, 1.807) is 13.2 Å². The number of carbonyl (C=O) groups excluding carboxylic acids is 1. The Labute approximate surface area is 143 Å². The lowest BCUT2D eigenvalue weighted by Gasteiger charge is -2.29. The van der Waals surface area contributed by atoms with Gasteiger partial charge in [-0.15, -0.1) is 0 Å². The van der Waals surface area contributed by atoms with E-state index in [-0.39, 0.29) is 18.0 Å². The minimum absolute atomic E-state index is 0.124. The highest BCUT2D eigenvalue weighted by molar-refractivity contribution is 7.98. The molecule has 1 fully saturated rings. The van der Waals surface area contributed by atoms with E-state index in [0.29, 0.717) is 42.3 Å². The van der Waals surface area contributed by atoms with Gasteiger partial charge in [0.2, 0.25) is 0 Å². The summed E-state index contributed by atoms with van der Waals surface area (Å²) >= 11 is 6.52. The maximum Gasteiger partial charge on any atom is 0.258 e. The fourth-order valence-corrected chi connectivity index (χ4v) is 2.89. The molecule has 1 amide bonds. The lowest BCUT2D eigenvalue weighted by Crippen LogP contribution is -2.52. The molecule has 1 aliphatic heterocycles. The first-order chi connectivity index (χ1) is 11.0. The first-order valence-corrected chi connectivity index (χ1v) is 8.68. The second kappa shape index (κ2) is 8.27. The first kappa shape index (κ1) is 17.7. The summed E-state index contributed by atoms with van der Waals surface area (Å²) in [7, 11) is 0. The van der Waals surface area contributed by atoms with Crippen molar-refractivity contribution in [3.63, 3.8) is 0 Å². The van der Waals surface area contributed by atoms with Crippen LogP contribution in [0, 0.1) is 6.92 Å². The normalized spacial score (nSPS) is 14.4. The molecule has 1 aromatic heterocycles. The zero-order chi connectivity index (χ0) is 16.8. The predicted molar refractivity (Wildman–Crippen MR) is 91.3 cm³/mol. The second-order valence-corrected chi connectivity index (χ2v) is 6.05. The van der Waals surface area contributed by atoms with E-state index in [4.69, 9.17) is 17.0 Å². The fraction of sp³-hybridized carbons (Fsp3) is 0.538. The van der Waals surface area contributed by atoms with Crippen molar-refractivity contribution in [1.82, 2.24) is 25.3 Å².